The lowest BCUT2D eigenvalue weighted by Crippen LogP contribution is -2.32. The van der Waals surface area contributed by atoms with E-state index in [1.807, 2.05) is 7.05 Å². The second-order valence-corrected chi connectivity index (χ2v) is 4.17. The Kier molecular flexibility index (Phi) is 3.00. The van der Waals surface area contributed by atoms with Crippen LogP contribution in [0.2, 0.25) is 0 Å². The Balaban J connectivity index is 2.18. The van der Waals surface area contributed by atoms with Crippen LogP contribution in [0.5, 0.6) is 0 Å². The quantitative estimate of drug-likeness (QED) is 0.810. The zero-order valence-electron chi connectivity index (χ0n) is 8.76. The average molecular weight is 211 g/mol. The van der Waals surface area contributed by atoms with Gasteiger partial charge in [0.1, 0.15) is 11.6 Å². The molecule has 2 atom stereocenters. The summed E-state index contributed by atoms with van der Waals surface area (Å²) in [5.74, 6) is 0.0168. The van der Waals surface area contributed by atoms with Crippen molar-refractivity contribution >= 4 is 0 Å². The number of rotatable bonds is 3. The van der Waals surface area contributed by atoms with Crippen LogP contribution in [0.4, 0.5) is 8.78 Å². The predicted molar refractivity (Wildman–Crippen MR) is 55.7 cm³/mol. The molecule has 3 heteroatoms. The maximum Gasteiger partial charge on any atom is 0.126 e. The highest BCUT2D eigenvalue weighted by molar-refractivity contribution is 5.25. The summed E-state index contributed by atoms with van der Waals surface area (Å²) in [5.41, 5.74) is 0.543. The zero-order valence-corrected chi connectivity index (χ0v) is 8.76. The predicted octanol–water partition coefficient (Wildman–Crippen LogP) is 2.68. The van der Waals surface area contributed by atoms with E-state index in [1.54, 1.807) is 0 Å². The summed E-state index contributed by atoms with van der Waals surface area (Å²) in [6.45, 7) is 0.876. The first kappa shape index (κ1) is 10.6. The van der Waals surface area contributed by atoms with E-state index in [0.29, 0.717) is 11.5 Å². The van der Waals surface area contributed by atoms with Gasteiger partial charge >= 0.3 is 0 Å². The SMILES string of the molecule is CNCC1CCC1c1cc(F)ccc1F. The van der Waals surface area contributed by atoms with Crippen LogP contribution >= 0.6 is 0 Å². The Labute approximate surface area is 88.5 Å². The molecule has 1 saturated carbocycles. The Morgan fingerprint density at radius 3 is 2.73 bits per heavy atom. The molecule has 1 aliphatic rings. The summed E-state index contributed by atoms with van der Waals surface area (Å²) in [6.07, 6.45) is 2.06. The van der Waals surface area contributed by atoms with E-state index in [1.165, 1.54) is 18.2 Å². The third-order valence-electron chi connectivity index (χ3n) is 3.24. The summed E-state index contributed by atoms with van der Waals surface area (Å²) in [5, 5.41) is 3.09. The summed E-state index contributed by atoms with van der Waals surface area (Å²) in [6, 6.07) is 3.73. The van der Waals surface area contributed by atoms with Crippen molar-refractivity contribution in [2.45, 2.75) is 18.8 Å². The highest BCUT2D eigenvalue weighted by atomic mass is 19.1. The molecule has 0 amide bonds. The third-order valence-corrected chi connectivity index (χ3v) is 3.24. The van der Waals surface area contributed by atoms with Crippen molar-refractivity contribution in [2.24, 2.45) is 5.92 Å². The molecular formula is C12H15F2N. The van der Waals surface area contributed by atoms with Crippen molar-refractivity contribution < 1.29 is 8.78 Å². The first-order valence-corrected chi connectivity index (χ1v) is 5.32. The molecule has 82 valence electrons. The smallest absolute Gasteiger partial charge is 0.126 e. The fraction of sp³-hybridized carbons (Fsp3) is 0.500. The van der Waals surface area contributed by atoms with Gasteiger partial charge in [0.2, 0.25) is 0 Å². The Bertz CT molecular complexity index is 351. The van der Waals surface area contributed by atoms with Gasteiger partial charge in [-0.2, -0.15) is 0 Å². The normalized spacial score (nSPS) is 25.0. The average Bonchev–Trinajstić information content (AvgIpc) is 2.18. The van der Waals surface area contributed by atoms with Crippen LogP contribution in [0.3, 0.4) is 0 Å². The van der Waals surface area contributed by atoms with Gasteiger partial charge < -0.3 is 5.32 Å². The molecule has 0 bridgehead atoms. The highest BCUT2D eigenvalue weighted by Gasteiger charge is 2.33. The fourth-order valence-electron chi connectivity index (χ4n) is 2.28. The molecule has 0 saturated heterocycles. The van der Waals surface area contributed by atoms with Gasteiger partial charge in [-0.15, -0.1) is 0 Å². The largest absolute Gasteiger partial charge is 0.319 e. The van der Waals surface area contributed by atoms with Gasteiger partial charge in [-0.1, -0.05) is 0 Å². The van der Waals surface area contributed by atoms with E-state index in [9.17, 15) is 8.78 Å². The molecule has 0 radical (unpaired) electrons. The summed E-state index contributed by atoms with van der Waals surface area (Å²) in [4.78, 5) is 0. The van der Waals surface area contributed by atoms with Crippen LogP contribution in [-0.4, -0.2) is 13.6 Å². The van der Waals surface area contributed by atoms with Crippen molar-refractivity contribution in [2.75, 3.05) is 13.6 Å². The Hall–Kier alpha value is -0.960. The van der Waals surface area contributed by atoms with Crippen LogP contribution in [0, 0.1) is 17.6 Å². The topological polar surface area (TPSA) is 12.0 Å². The van der Waals surface area contributed by atoms with Crippen LogP contribution in [-0.2, 0) is 0 Å². The Morgan fingerprint density at radius 2 is 2.13 bits per heavy atom. The van der Waals surface area contributed by atoms with Gasteiger partial charge in [-0.05, 0) is 62.0 Å². The molecule has 1 N–H and O–H groups in total. The summed E-state index contributed by atoms with van der Waals surface area (Å²) < 4.78 is 26.5. The molecule has 0 spiro atoms. The van der Waals surface area contributed by atoms with Gasteiger partial charge in [-0.3, -0.25) is 0 Å². The number of hydrogen-bond acceptors (Lipinski definition) is 1. The van der Waals surface area contributed by atoms with E-state index < -0.39 is 0 Å². The van der Waals surface area contributed by atoms with Gasteiger partial charge in [0.15, 0.2) is 0 Å². The second kappa shape index (κ2) is 4.27. The van der Waals surface area contributed by atoms with Crippen LogP contribution < -0.4 is 5.32 Å². The molecule has 2 unspecified atom stereocenters. The Morgan fingerprint density at radius 1 is 1.33 bits per heavy atom. The molecule has 0 aliphatic heterocycles. The summed E-state index contributed by atoms with van der Waals surface area (Å²) in [7, 11) is 1.89. The van der Waals surface area contributed by atoms with Gasteiger partial charge in [-0.25, -0.2) is 8.78 Å². The number of hydrogen-bond donors (Lipinski definition) is 1. The van der Waals surface area contributed by atoms with Gasteiger partial charge in [0.05, 0.1) is 0 Å². The minimum atomic E-state index is -0.346. The first-order chi connectivity index (χ1) is 7.22. The van der Waals surface area contributed by atoms with E-state index in [-0.39, 0.29) is 17.6 Å². The molecule has 1 nitrogen and oxygen atoms in total. The second-order valence-electron chi connectivity index (χ2n) is 4.17. The maximum absolute atomic E-state index is 13.5. The van der Waals surface area contributed by atoms with E-state index in [2.05, 4.69) is 5.32 Å². The molecular weight excluding hydrogens is 196 g/mol. The van der Waals surface area contributed by atoms with Crippen molar-refractivity contribution in [3.05, 3.63) is 35.4 Å². The lowest BCUT2D eigenvalue weighted by Gasteiger charge is -2.37. The van der Waals surface area contributed by atoms with E-state index in [4.69, 9.17) is 0 Å². The minimum Gasteiger partial charge on any atom is -0.319 e. The van der Waals surface area contributed by atoms with Crippen molar-refractivity contribution in [3.63, 3.8) is 0 Å². The van der Waals surface area contributed by atoms with Crippen LogP contribution in [0.1, 0.15) is 24.3 Å². The lowest BCUT2D eigenvalue weighted by atomic mass is 9.70. The number of nitrogens with one attached hydrogen (secondary N) is 1. The number of halogens is 2. The van der Waals surface area contributed by atoms with Crippen molar-refractivity contribution in [1.29, 1.82) is 0 Å². The van der Waals surface area contributed by atoms with Gasteiger partial charge in [0.25, 0.3) is 0 Å². The standard InChI is InChI=1S/C12H15F2N/c1-15-7-8-2-4-10(8)11-6-9(13)3-5-12(11)14/h3,5-6,8,10,15H,2,4,7H2,1H3. The fourth-order valence-corrected chi connectivity index (χ4v) is 2.28. The van der Waals surface area contributed by atoms with Gasteiger partial charge in [0, 0.05) is 0 Å². The summed E-state index contributed by atoms with van der Waals surface area (Å²) >= 11 is 0. The molecule has 1 aromatic rings. The van der Waals surface area contributed by atoms with E-state index in [0.717, 1.165) is 19.4 Å². The monoisotopic (exact) mass is 211 g/mol. The molecule has 0 heterocycles. The molecule has 1 aliphatic carbocycles. The van der Waals surface area contributed by atoms with Crippen molar-refractivity contribution in [1.82, 2.24) is 5.32 Å². The highest BCUT2D eigenvalue weighted by Crippen LogP contribution is 2.43. The molecule has 1 aromatic carbocycles. The molecule has 15 heavy (non-hydrogen) atoms. The number of benzene rings is 1. The molecule has 1 fully saturated rings. The first-order valence-electron chi connectivity index (χ1n) is 5.32. The van der Waals surface area contributed by atoms with Crippen LogP contribution in [0.15, 0.2) is 18.2 Å². The van der Waals surface area contributed by atoms with Crippen LogP contribution in [0.25, 0.3) is 0 Å². The lowest BCUT2D eigenvalue weighted by molar-refractivity contribution is 0.244. The molecule has 0 aromatic heterocycles. The van der Waals surface area contributed by atoms with Crippen molar-refractivity contribution in [3.8, 4) is 0 Å². The van der Waals surface area contributed by atoms with E-state index >= 15 is 0 Å². The zero-order chi connectivity index (χ0) is 10.8. The maximum atomic E-state index is 13.5. The minimum absolute atomic E-state index is 0.188. The molecule has 2 rings (SSSR count). The third kappa shape index (κ3) is 2.02.